The van der Waals surface area contributed by atoms with Crippen LogP contribution in [-0.4, -0.2) is 31.9 Å². The zero-order valence-corrected chi connectivity index (χ0v) is 18.5. The summed E-state index contributed by atoms with van der Waals surface area (Å²) in [5.74, 6) is -1.29. The molecule has 3 rings (SSSR count). The molecule has 1 amide bonds. The number of hydrogen-bond donors (Lipinski definition) is 1. The number of rotatable bonds is 7. The second-order valence-electron chi connectivity index (χ2n) is 6.72. The molecule has 0 unspecified atom stereocenters. The van der Waals surface area contributed by atoms with Crippen LogP contribution < -0.4 is 14.4 Å². The number of nitrogens with zero attached hydrogens (tertiary/aromatic N) is 2. The molecule has 1 aromatic heterocycles. The molecule has 170 valence electrons. The van der Waals surface area contributed by atoms with Crippen LogP contribution in [-0.2, 0) is 16.6 Å². The fraction of sp³-hybridized carbons (Fsp3) is 0.200. The number of nitrogens with one attached hydrogen (secondary N) is 1. The van der Waals surface area contributed by atoms with Gasteiger partial charge in [0.15, 0.2) is 5.13 Å². The lowest BCUT2D eigenvalue weighted by Gasteiger charge is -2.23. The van der Waals surface area contributed by atoms with Gasteiger partial charge in [-0.05, 0) is 24.6 Å². The number of amides is 1. The number of ether oxygens (including phenoxy) is 1. The minimum Gasteiger partial charge on any atom is -0.406 e. The molecule has 0 aliphatic carbocycles. The number of hydrogen-bond acceptors (Lipinski definition) is 7. The monoisotopic (exact) mass is 485 g/mol. The van der Waals surface area contributed by atoms with E-state index in [4.69, 9.17) is 0 Å². The summed E-state index contributed by atoms with van der Waals surface area (Å²) in [5, 5.41) is 0.300. The highest BCUT2D eigenvalue weighted by atomic mass is 32.2. The number of anilines is 2. The summed E-state index contributed by atoms with van der Waals surface area (Å²) < 4.78 is 66.8. The Morgan fingerprint density at radius 2 is 1.84 bits per heavy atom. The maximum atomic E-state index is 12.7. The Hall–Kier alpha value is -3.12. The van der Waals surface area contributed by atoms with E-state index < -0.39 is 28.0 Å². The molecular weight excluding hydrogens is 467 g/mol. The van der Waals surface area contributed by atoms with Crippen LogP contribution in [0, 0.1) is 6.92 Å². The van der Waals surface area contributed by atoms with E-state index in [1.54, 1.807) is 17.9 Å². The summed E-state index contributed by atoms with van der Waals surface area (Å²) in [6.07, 6.45) is -4.00. The molecule has 32 heavy (non-hydrogen) atoms. The average molecular weight is 486 g/mol. The molecule has 3 aromatic rings. The van der Waals surface area contributed by atoms with Gasteiger partial charge in [0.05, 0.1) is 12.8 Å². The molecule has 1 heterocycles. The molecule has 12 heteroatoms. The van der Waals surface area contributed by atoms with E-state index in [1.807, 2.05) is 35.1 Å². The Labute approximate surface area is 186 Å². The summed E-state index contributed by atoms with van der Waals surface area (Å²) in [7, 11) is -3.79. The van der Waals surface area contributed by atoms with Gasteiger partial charge in [0.2, 0.25) is 10.0 Å². The minimum atomic E-state index is -4.85. The number of aryl methyl sites for hydroxylation is 1. The average Bonchev–Trinajstić information content (AvgIpc) is 3.06. The molecule has 0 saturated heterocycles. The number of carbonyl (C=O) groups excluding carboxylic acids is 1. The van der Waals surface area contributed by atoms with Gasteiger partial charge >= 0.3 is 6.36 Å². The summed E-state index contributed by atoms with van der Waals surface area (Å²) in [6.45, 7) is 1.83. The third-order valence-corrected chi connectivity index (χ3v) is 5.61. The first-order chi connectivity index (χ1) is 14.9. The first kappa shape index (κ1) is 23.5. The largest absolute Gasteiger partial charge is 0.573 e. The van der Waals surface area contributed by atoms with Crippen molar-refractivity contribution in [2.24, 2.45) is 0 Å². The maximum Gasteiger partial charge on any atom is 0.573 e. The molecular formula is C20H18F3N3O4S2. The van der Waals surface area contributed by atoms with Crippen molar-refractivity contribution in [2.75, 3.05) is 11.2 Å². The van der Waals surface area contributed by atoms with E-state index in [0.717, 1.165) is 23.2 Å². The van der Waals surface area contributed by atoms with Crippen LogP contribution in [0.3, 0.4) is 0 Å². The normalized spacial score (nSPS) is 11.8. The molecule has 0 bridgehead atoms. The van der Waals surface area contributed by atoms with Crippen molar-refractivity contribution in [3.05, 3.63) is 70.7 Å². The van der Waals surface area contributed by atoms with Gasteiger partial charge < -0.3 is 9.64 Å². The van der Waals surface area contributed by atoms with Crippen LogP contribution in [0.4, 0.5) is 24.0 Å². The lowest BCUT2D eigenvalue weighted by molar-refractivity contribution is -0.274. The number of carbonyl (C=O) groups is 1. The van der Waals surface area contributed by atoms with Gasteiger partial charge in [-0.3, -0.25) is 4.79 Å². The van der Waals surface area contributed by atoms with E-state index in [2.05, 4.69) is 9.72 Å². The Kier molecular flexibility index (Phi) is 6.74. The van der Waals surface area contributed by atoms with E-state index in [1.165, 1.54) is 18.2 Å². The van der Waals surface area contributed by atoms with Crippen LogP contribution in [0.5, 0.6) is 5.75 Å². The fourth-order valence-electron chi connectivity index (χ4n) is 2.81. The van der Waals surface area contributed by atoms with E-state index in [0.29, 0.717) is 15.7 Å². The smallest absolute Gasteiger partial charge is 0.406 e. The minimum absolute atomic E-state index is 0.0869. The third kappa shape index (κ3) is 6.44. The van der Waals surface area contributed by atoms with E-state index in [9.17, 15) is 26.4 Å². The van der Waals surface area contributed by atoms with Crippen molar-refractivity contribution in [3.63, 3.8) is 0 Å². The molecule has 0 spiro atoms. The van der Waals surface area contributed by atoms with E-state index in [-0.39, 0.29) is 12.2 Å². The van der Waals surface area contributed by atoms with Gasteiger partial charge in [-0.25, -0.2) is 18.1 Å². The van der Waals surface area contributed by atoms with Crippen LogP contribution in [0.1, 0.15) is 20.9 Å². The lowest BCUT2D eigenvalue weighted by Crippen LogP contribution is -2.30. The van der Waals surface area contributed by atoms with Crippen molar-refractivity contribution < 1.29 is 31.1 Å². The lowest BCUT2D eigenvalue weighted by atomic mass is 10.2. The SMILES string of the molecule is Cc1sc(N(Cc2ccccc2)c2cccc(OC(F)(F)F)c2)nc1C(=O)NS(C)(=O)=O. The Balaban J connectivity index is 2.02. The highest BCUT2D eigenvalue weighted by Crippen LogP contribution is 2.35. The summed E-state index contributed by atoms with van der Waals surface area (Å²) in [5.41, 5.74) is 1.10. The zero-order chi connectivity index (χ0) is 23.5. The van der Waals surface area contributed by atoms with Gasteiger partial charge in [-0.15, -0.1) is 24.5 Å². The summed E-state index contributed by atoms with van der Waals surface area (Å²) in [6, 6.07) is 14.5. The summed E-state index contributed by atoms with van der Waals surface area (Å²) >= 11 is 1.11. The second kappa shape index (κ2) is 9.17. The standard InChI is InChI=1S/C20H18F3N3O4S2/c1-13-17(18(27)25-32(2,28)29)24-19(31-13)26(12-14-7-4-3-5-8-14)15-9-6-10-16(11-15)30-20(21,22)23/h3-11H,12H2,1-2H3,(H,25,27). The van der Waals surface area contributed by atoms with Crippen LogP contribution in [0.2, 0.25) is 0 Å². The maximum absolute atomic E-state index is 12.7. The van der Waals surface area contributed by atoms with Crippen molar-refractivity contribution in [3.8, 4) is 5.75 Å². The van der Waals surface area contributed by atoms with E-state index >= 15 is 0 Å². The van der Waals surface area contributed by atoms with Crippen molar-refractivity contribution in [2.45, 2.75) is 19.8 Å². The molecule has 0 aliphatic rings. The fourth-order valence-corrected chi connectivity index (χ4v) is 4.17. The predicted molar refractivity (Wildman–Crippen MR) is 115 cm³/mol. The highest BCUT2D eigenvalue weighted by molar-refractivity contribution is 7.89. The molecule has 1 N–H and O–H groups in total. The highest BCUT2D eigenvalue weighted by Gasteiger charge is 2.31. The number of benzene rings is 2. The molecule has 0 fully saturated rings. The van der Waals surface area contributed by atoms with Gasteiger partial charge in [0.1, 0.15) is 11.4 Å². The molecule has 7 nitrogen and oxygen atoms in total. The third-order valence-electron chi connectivity index (χ3n) is 4.06. The number of halogens is 3. The van der Waals surface area contributed by atoms with Crippen LogP contribution in [0.25, 0.3) is 0 Å². The molecule has 0 atom stereocenters. The van der Waals surface area contributed by atoms with Crippen molar-refractivity contribution in [1.82, 2.24) is 9.71 Å². The second-order valence-corrected chi connectivity index (χ2v) is 9.65. The molecule has 0 aliphatic heterocycles. The van der Waals surface area contributed by atoms with Gasteiger partial charge in [-0.1, -0.05) is 36.4 Å². The Morgan fingerprint density at radius 3 is 2.47 bits per heavy atom. The molecule has 0 saturated carbocycles. The van der Waals surface area contributed by atoms with Crippen molar-refractivity contribution >= 4 is 38.1 Å². The van der Waals surface area contributed by atoms with Gasteiger partial charge in [0.25, 0.3) is 5.91 Å². The summed E-state index contributed by atoms with van der Waals surface area (Å²) in [4.78, 5) is 18.7. The number of sulfonamides is 1. The number of thiazole rings is 1. The van der Waals surface area contributed by atoms with Crippen LogP contribution >= 0.6 is 11.3 Å². The Bertz CT molecular complexity index is 1210. The molecule has 2 aromatic carbocycles. The topological polar surface area (TPSA) is 88.6 Å². The van der Waals surface area contributed by atoms with Gasteiger partial charge in [0, 0.05) is 16.6 Å². The molecule has 0 radical (unpaired) electrons. The predicted octanol–water partition coefficient (Wildman–Crippen LogP) is 4.38. The number of alkyl halides is 3. The number of aromatic nitrogens is 1. The van der Waals surface area contributed by atoms with Crippen LogP contribution in [0.15, 0.2) is 54.6 Å². The Morgan fingerprint density at radius 1 is 1.16 bits per heavy atom. The van der Waals surface area contributed by atoms with Gasteiger partial charge in [-0.2, -0.15) is 0 Å². The first-order valence-corrected chi connectivity index (χ1v) is 11.8. The first-order valence-electron chi connectivity index (χ1n) is 9.08. The quantitative estimate of drug-likeness (QED) is 0.535. The van der Waals surface area contributed by atoms with Crippen molar-refractivity contribution in [1.29, 1.82) is 0 Å². The zero-order valence-electron chi connectivity index (χ0n) is 16.9.